The Kier molecular flexibility index (Phi) is 5.03. The molecule has 0 aromatic carbocycles. The van der Waals surface area contributed by atoms with E-state index >= 15 is 0 Å². The monoisotopic (exact) mass is 274 g/mol. The van der Waals surface area contributed by atoms with Gasteiger partial charge in [-0.05, 0) is 13.0 Å². The number of carbonyl (C=O) groups excluding carboxylic acids is 1. The standard InChI is InChI=1S/C11H15ClN2O4/c1-7-2-9(12)8(3-13-7)10(18)14-11(4-15,5-16)6-17/h2-3,15-17H,4-6H2,1H3,(H,14,18). The molecule has 1 heterocycles. The molecule has 0 fully saturated rings. The quantitative estimate of drug-likeness (QED) is 0.579. The number of hydrogen-bond donors (Lipinski definition) is 4. The lowest BCUT2D eigenvalue weighted by Gasteiger charge is -2.28. The van der Waals surface area contributed by atoms with Crippen molar-refractivity contribution in [2.24, 2.45) is 0 Å². The molecule has 1 rings (SSSR count). The Balaban J connectivity index is 2.94. The molecule has 1 amide bonds. The smallest absolute Gasteiger partial charge is 0.255 e. The molecule has 0 aliphatic heterocycles. The van der Waals surface area contributed by atoms with Crippen LogP contribution in [0.2, 0.25) is 5.02 Å². The van der Waals surface area contributed by atoms with E-state index in [4.69, 9.17) is 26.9 Å². The molecule has 0 bridgehead atoms. The van der Waals surface area contributed by atoms with Crippen molar-refractivity contribution in [2.75, 3.05) is 19.8 Å². The van der Waals surface area contributed by atoms with Crippen LogP contribution in [0.4, 0.5) is 0 Å². The molecule has 18 heavy (non-hydrogen) atoms. The fourth-order valence-corrected chi connectivity index (χ4v) is 1.56. The molecule has 0 aliphatic carbocycles. The summed E-state index contributed by atoms with van der Waals surface area (Å²) in [6, 6.07) is 1.52. The maximum absolute atomic E-state index is 11.9. The Hall–Kier alpha value is -1.21. The highest BCUT2D eigenvalue weighted by Gasteiger charge is 2.30. The van der Waals surface area contributed by atoms with Crippen LogP contribution in [-0.4, -0.2) is 51.6 Å². The number of hydrogen-bond acceptors (Lipinski definition) is 5. The molecule has 7 heteroatoms. The summed E-state index contributed by atoms with van der Waals surface area (Å²) in [5.74, 6) is -0.621. The van der Waals surface area contributed by atoms with Crippen molar-refractivity contribution < 1.29 is 20.1 Å². The largest absolute Gasteiger partial charge is 0.394 e. The molecule has 0 atom stereocenters. The van der Waals surface area contributed by atoms with Gasteiger partial charge in [-0.3, -0.25) is 9.78 Å². The maximum atomic E-state index is 11.9. The number of pyridine rings is 1. The molecular weight excluding hydrogens is 260 g/mol. The van der Waals surface area contributed by atoms with Crippen LogP contribution in [0, 0.1) is 6.92 Å². The summed E-state index contributed by atoms with van der Waals surface area (Å²) >= 11 is 5.89. The lowest BCUT2D eigenvalue weighted by atomic mass is 10.0. The minimum Gasteiger partial charge on any atom is -0.394 e. The van der Waals surface area contributed by atoms with E-state index in [1.54, 1.807) is 6.92 Å². The number of carbonyl (C=O) groups is 1. The van der Waals surface area contributed by atoms with E-state index < -0.39 is 31.3 Å². The van der Waals surface area contributed by atoms with Gasteiger partial charge in [-0.25, -0.2) is 0 Å². The molecule has 0 radical (unpaired) electrons. The van der Waals surface area contributed by atoms with E-state index in [-0.39, 0.29) is 10.6 Å². The van der Waals surface area contributed by atoms with Crippen LogP contribution in [0.1, 0.15) is 16.1 Å². The Bertz CT molecular complexity index is 427. The number of amides is 1. The second-order valence-corrected chi connectivity index (χ2v) is 4.42. The van der Waals surface area contributed by atoms with Crippen molar-refractivity contribution in [1.82, 2.24) is 10.3 Å². The van der Waals surface area contributed by atoms with E-state index in [1.807, 2.05) is 0 Å². The van der Waals surface area contributed by atoms with Crippen LogP contribution in [0.15, 0.2) is 12.3 Å². The second-order valence-electron chi connectivity index (χ2n) is 4.01. The van der Waals surface area contributed by atoms with Crippen LogP contribution in [0.3, 0.4) is 0 Å². The van der Waals surface area contributed by atoms with Gasteiger partial charge < -0.3 is 20.6 Å². The number of aliphatic hydroxyl groups excluding tert-OH is 3. The molecule has 6 nitrogen and oxygen atoms in total. The minimum atomic E-state index is -1.48. The lowest BCUT2D eigenvalue weighted by Crippen LogP contribution is -2.57. The number of aliphatic hydroxyl groups is 3. The summed E-state index contributed by atoms with van der Waals surface area (Å²) in [5.41, 5.74) is -0.707. The highest BCUT2D eigenvalue weighted by Crippen LogP contribution is 2.16. The first-order valence-electron chi connectivity index (χ1n) is 5.25. The van der Waals surface area contributed by atoms with Crippen LogP contribution in [0.25, 0.3) is 0 Å². The summed E-state index contributed by atoms with van der Waals surface area (Å²) in [6.07, 6.45) is 1.30. The van der Waals surface area contributed by atoms with Crippen molar-refractivity contribution in [3.63, 3.8) is 0 Å². The van der Waals surface area contributed by atoms with Gasteiger partial charge in [0.15, 0.2) is 0 Å². The Morgan fingerprint density at radius 1 is 1.39 bits per heavy atom. The summed E-state index contributed by atoms with van der Waals surface area (Å²) in [4.78, 5) is 15.8. The van der Waals surface area contributed by atoms with Crippen LogP contribution in [0.5, 0.6) is 0 Å². The van der Waals surface area contributed by atoms with E-state index in [9.17, 15) is 4.79 Å². The SMILES string of the molecule is Cc1cc(Cl)c(C(=O)NC(CO)(CO)CO)cn1. The van der Waals surface area contributed by atoms with E-state index in [0.29, 0.717) is 5.69 Å². The predicted octanol–water partition coefficient (Wildman–Crippen LogP) is -0.511. The van der Waals surface area contributed by atoms with Gasteiger partial charge in [-0.15, -0.1) is 0 Å². The number of nitrogens with zero attached hydrogens (tertiary/aromatic N) is 1. The fraction of sp³-hybridized carbons (Fsp3) is 0.455. The number of rotatable bonds is 5. The zero-order valence-electron chi connectivity index (χ0n) is 9.85. The first-order chi connectivity index (χ1) is 8.48. The van der Waals surface area contributed by atoms with Crippen molar-refractivity contribution in [2.45, 2.75) is 12.5 Å². The fourth-order valence-electron chi connectivity index (χ4n) is 1.27. The highest BCUT2D eigenvalue weighted by molar-refractivity contribution is 6.33. The Morgan fingerprint density at radius 2 is 1.94 bits per heavy atom. The summed E-state index contributed by atoms with van der Waals surface area (Å²) in [5, 5.41) is 29.9. The molecule has 0 spiro atoms. The summed E-state index contributed by atoms with van der Waals surface area (Å²) in [6.45, 7) is -0.0546. The average molecular weight is 275 g/mol. The van der Waals surface area contributed by atoms with Crippen molar-refractivity contribution in [3.05, 3.63) is 28.5 Å². The number of halogens is 1. The zero-order valence-corrected chi connectivity index (χ0v) is 10.6. The van der Waals surface area contributed by atoms with Gasteiger partial charge in [-0.1, -0.05) is 11.6 Å². The molecule has 0 unspecified atom stereocenters. The van der Waals surface area contributed by atoms with Crippen LogP contribution in [-0.2, 0) is 0 Å². The van der Waals surface area contributed by atoms with Gasteiger partial charge >= 0.3 is 0 Å². The van der Waals surface area contributed by atoms with Crippen molar-refractivity contribution >= 4 is 17.5 Å². The van der Waals surface area contributed by atoms with Gasteiger partial charge in [-0.2, -0.15) is 0 Å². The van der Waals surface area contributed by atoms with Crippen LogP contribution < -0.4 is 5.32 Å². The molecular formula is C11H15ClN2O4. The van der Waals surface area contributed by atoms with Gasteiger partial charge in [0.25, 0.3) is 5.91 Å². The lowest BCUT2D eigenvalue weighted by molar-refractivity contribution is 0.0375. The molecule has 1 aromatic heterocycles. The average Bonchev–Trinajstić information content (AvgIpc) is 2.36. The normalized spacial score (nSPS) is 11.4. The number of aryl methyl sites for hydroxylation is 1. The maximum Gasteiger partial charge on any atom is 0.255 e. The molecule has 100 valence electrons. The third-order valence-corrected chi connectivity index (χ3v) is 2.83. The van der Waals surface area contributed by atoms with Gasteiger partial charge in [0.1, 0.15) is 5.54 Å². The van der Waals surface area contributed by atoms with Crippen molar-refractivity contribution in [3.8, 4) is 0 Å². The second kappa shape index (κ2) is 6.10. The van der Waals surface area contributed by atoms with Gasteiger partial charge in [0.2, 0.25) is 0 Å². The molecule has 0 saturated carbocycles. The van der Waals surface area contributed by atoms with E-state index in [2.05, 4.69) is 10.3 Å². The predicted molar refractivity (Wildman–Crippen MR) is 65.4 cm³/mol. The highest BCUT2D eigenvalue weighted by atomic mass is 35.5. The first-order valence-corrected chi connectivity index (χ1v) is 5.63. The van der Waals surface area contributed by atoms with Crippen LogP contribution >= 0.6 is 11.6 Å². The minimum absolute atomic E-state index is 0.113. The summed E-state index contributed by atoms with van der Waals surface area (Å²) in [7, 11) is 0. The van der Waals surface area contributed by atoms with E-state index in [1.165, 1.54) is 12.3 Å². The Morgan fingerprint density at radius 3 is 2.39 bits per heavy atom. The molecule has 4 N–H and O–H groups in total. The summed E-state index contributed by atoms with van der Waals surface area (Å²) < 4.78 is 0. The number of aromatic nitrogens is 1. The third-order valence-electron chi connectivity index (χ3n) is 2.52. The molecule has 0 aliphatic rings. The molecule has 1 aromatic rings. The zero-order chi connectivity index (χ0) is 13.8. The topological polar surface area (TPSA) is 103 Å². The third kappa shape index (κ3) is 3.17. The van der Waals surface area contributed by atoms with E-state index in [0.717, 1.165) is 0 Å². The molecule has 0 saturated heterocycles. The van der Waals surface area contributed by atoms with Crippen molar-refractivity contribution in [1.29, 1.82) is 0 Å². The Labute approximate surface area is 109 Å². The van der Waals surface area contributed by atoms with Gasteiger partial charge in [0.05, 0.1) is 30.4 Å². The van der Waals surface area contributed by atoms with Gasteiger partial charge in [0, 0.05) is 11.9 Å². The number of nitrogens with one attached hydrogen (secondary N) is 1. The first kappa shape index (κ1) is 14.8.